The van der Waals surface area contributed by atoms with Crippen LogP contribution >= 0.6 is 11.6 Å². The number of halogens is 1. The molecule has 0 unspecified atom stereocenters. The van der Waals surface area contributed by atoms with E-state index in [1.807, 2.05) is 18.2 Å². The smallest absolute Gasteiger partial charge is 0.330 e. The van der Waals surface area contributed by atoms with Gasteiger partial charge in [-0.15, -0.1) is 0 Å². The van der Waals surface area contributed by atoms with E-state index >= 15 is 0 Å². The maximum absolute atomic E-state index is 11.4. The molecule has 1 aromatic carbocycles. The van der Waals surface area contributed by atoms with Gasteiger partial charge in [-0.2, -0.15) is 0 Å². The third-order valence-corrected chi connectivity index (χ3v) is 3.94. The summed E-state index contributed by atoms with van der Waals surface area (Å²) in [6, 6.07) is 3.89. The van der Waals surface area contributed by atoms with Crippen molar-refractivity contribution in [2.75, 3.05) is 26.7 Å². The Hall–Kier alpha value is -1.32. The van der Waals surface area contributed by atoms with Crippen LogP contribution in [0.25, 0.3) is 6.08 Å². The number of ether oxygens (including phenoxy) is 1. The standard InChI is InChI=1S/C16H20ClNO2/c1-3-20-16(19)7-5-12-4-6-15(17)14-9-11-18(2)10-8-13(12)14/h4-7H,3,8-11H2,1-2H3. The molecule has 1 aromatic rings. The zero-order chi connectivity index (χ0) is 14.5. The fourth-order valence-electron chi connectivity index (χ4n) is 2.47. The third kappa shape index (κ3) is 3.62. The topological polar surface area (TPSA) is 29.5 Å². The first kappa shape index (κ1) is 15.1. The van der Waals surface area contributed by atoms with Crippen molar-refractivity contribution in [1.29, 1.82) is 0 Å². The summed E-state index contributed by atoms with van der Waals surface area (Å²) in [5.41, 5.74) is 3.53. The summed E-state index contributed by atoms with van der Waals surface area (Å²) in [7, 11) is 2.12. The molecule has 0 fully saturated rings. The molecule has 108 valence electrons. The summed E-state index contributed by atoms with van der Waals surface area (Å²) in [6.45, 7) is 4.22. The van der Waals surface area contributed by atoms with Gasteiger partial charge < -0.3 is 9.64 Å². The van der Waals surface area contributed by atoms with Gasteiger partial charge in [0.15, 0.2) is 0 Å². The van der Waals surface area contributed by atoms with Crippen LogP contribution in [0.1, 0.15) is 23.6 Å². The van der Waals surface area contributed by atoms with Crippen molar-refractivity contribution in [2.24, 2.45) is 0 Å². The van der Waals surface area contributed by atoms with Gasteiger partial charge in [0, 0.05) is 24.2 Å². The van der Waals surface area contributed by atoms with Crippen LogP contribution in [-0.4, -0.2) is 37.6 Å². The number of hydrogen-bond acceptors (Lipinski definition) is 3. The van der Waals surface area contributed by atoms with Crippen LogP contribution in [0.2, 0.25) is 5.02 Å². The third-order valence-electron chi connectivity index (χ3n) is 3.58. The van der Waals surface area contributed by atoms with Crippen molar-refractivity contribution < 1.29 is 9.53 Å². The fourth-order valence-corrected chi connectivity index (χ4v) is 2.74. The lowest BCUT2D eigenvalue weighted by atomic mass is 9.97. The lowest BCUT2D eigenvalue weighted by Crippen LogP contribution is -2.20. The van der Waals surface area contributed by atoms with Crippen LogP contribution in [0.3, 0.4) is 0 Å². The molecule has 0 aromatic heterocycles. The number of fused-ring (bicyclic) bond motifs is 1. The van der Waals surface area contributed by atoms with Gasteiger partial charge in [-0.1, -0.05) is 17.7 Å². The molecule has 0 amide bonds. The molecule has 0 bridgehead atoms. The first-order chi connectivity index (χ1) is 9.61. The fraction of sp³-hybridized carbons (Fsp3) is 0.438. The first-order valence-electron chi connectivity index (χ1n) is 6.95. The molecule has 1 heterocycles. The maximum atomic E-state index is 11.4. The highest BCUT2D eigenvalue weighted by atomic mass is 35.5. The Morgan fingerprint density at radius 1 is 1.35 bits per heavy atom. The van der Waals surface area contributed by atoms with Crippen molar-refractivity contribution in [3.63, 3.8) is 0 Å². The summed E-state index contributed by atoms with van der Waals surface area (Å²) in [5, 5.41) is 0.823. The average molecular weight is 294 g/mol. The summed E-state index contributed by atoms with van der Waals surface area (Å²) in [5.74, 6) is -0.304. The Kier molecular flexibility index (Phi) is 5.21. The molecular weight excluding hydrogens is 274 g/mol. The minimum absolute atomic E-state index is 0.304. The Bertz CT molecular complexity index is 525. The molecule has 0 atom stereocenters. The van der Waals surface area contributed by atoms with Gasteiger partial charge in [0.25, 0.3) is 0 Å². The van der Waals surface area contributed by atoms with Crippen LogP contribution in [0.4, 0.5) is 0 Å². The second-order valence-electron chi connectivity index (χ2n) is 4.98. The van der Waals surface area contributed by atoms with Crippen LogP contribution < -0.4 is 0 Å². The first-order valence-corrected chi connectivity index (χ1v) is 7.33. The highest BCUT2D eigenvalue weighted by Crippen LogP contribution is 2.27. The van der Waals surface area contributed by atoms with Gasteiger partial charge >= 0.3 is 5.97 Å². The Morgan fingerprint density at radius 2 is 2.05 bits per heavy atom. The highest BCUT2D eigenvalue weighted by molar-refractivity contribution is 6.31. The van der Waals surface area contributed by atoms with Gasteiger partial charge in [0.05, 0.1) is 6.61 Å². The number of esters is 1. The number of nitrogens with zero attached hydrogens (tertiary/aromatic N) is 1. The van der Waals surface area contributed by atoms with Crippen LogP contribution in [-0.2, 0) is 22.4 Å². The lowest BCUT2D eigenvalue weighted by molar-refractivity contribution is -0.137. The lowest BCUT2D eigenvalue weighted by Gasteiger charge is -2.11. The molecule has 0 aliphatic carbocycles. The molecule has 0 spiro atoms. The Labute approximate surface area is 125 Å². The van der Waals surface area contributed by atoms with Crippen molar-refractivity contribution >= 4 is 23.6 Å². The second kappa shape index (κ2) is 6.91. The number of likely N-dealkylation sites (N-methyl/N-ethyl adjacent to an activating group) is 1. The molecule has 20 heavy (non-hydrogen) atoms. The van der Waals surface area contributed by atoms with E-state index in [2.05, 4.69) is 11.9 Å². The zero-order valence-electron chi connectivity index (χ0n) is 12.0. The molecule has 0 radical (unpaired) electrons. The van der Waals surface area contributed by atoms with E-state index in [-0.39, 0.29) is 5.97 Å². The quantitative estimate of drug-likeness (QED) is 0.634. The molecule has 0 N–H and O–H groups in total. The van der Waals surface area contributed by atoms with Gasteiger partial charge in [-0.05, 0) is 55.6 Å². The SMILES string of the molecule is CCOC(=O)C=Cc1ccc(Cl)c2c1CCN(C)CC2. The minimum Gasteiger partial charge on any atom is -0.463 e. The molecular formula is C16H20ClNO2. The average Bonchev–Trinajstić information content (AvgIpc) is 2.62. The number of carbonyl (C=O) groups is 1. The molecule has 0 saturated heterocycles. The summed E-state index contributed by atoms with van der Waals surface area (Å²) in [6.07, 6.45) is 5.22. The molecule has 3 nitrogen and oxygen atoms in total. The Balaban J connectivity index is 2.29. The highest BCUT2D eigenvalue weighted by Gasteiger charge is 2.16. The van der Waals surface area contributed by atoms with Crippen molar-refractivity contribution in [3.8, 4) is 0 Å². The predicted molar refractivity (Wildman–Crippen MR) is 82.0 cm³/mol. The summed E-state index contributed by atoms with van der Waals surface area (Å²) in [4.78, 5) is 13.7. The van der Waals surface area contributed by atoms with E-state index in [1.54, 1.807) is 6.92 Å². The number of hydrogen-bond donors (Lipinski definition) is 0. The minimum atomic E-state index is -0.304. The van der Waals surface area contributed by atoms with E-state index < -0.39 is 0 Å². The zero-order valence-corrected chi connectivity index (χ0v) is 12.7. The second-order valence-corrected chi connectivity index (χ2v) is 5.39. The van der Waals surface area contributed by atoms with Gasteiger partial charge in [-0.3, -0.25) is 0 Å². The van der Waals surface area contributed by atoms with E-state index in [1.165, 1.54) is 17.2 Å². The maximum Gasteiger partial charge on any atom is 0.330 e. The van der Waals surface area contributed by atoms with Crippen LogP contribution in [0, 0.1) is 0 Å². The van der Waals surface area contributed by atoms with Crippen LogP contribution in [0.15, 0.2) is 18.2 Å². The van der Waals surface area contributed by atoms with E-state index in [0.717, 1.165) is 36.5 Å². The monoisotopic (exact) mass is 293 g/mol. The number of benzene rings is 1. The van der Waals surface area contributed by atoms with Crippen LogP contribution in [0.5, 0.6) is 0 Å². The van der Waals surface area contributed by atoms with Gasteiger partial charge in [0.1, 0.15) is 0 Å². The van der Waals surface area contributed by atoms with Gasteiger partial charge in [-0.25, -0.2) is 4.79 Å². The molecule has 1 aliphatic heterocycles. The summed E-state index contributed by atoms with van der Waals surface area (Å²) < 4.78 is 4.91. The summed E-state index contributed by atoms with van der Waals surface area (Å²) >= 11 is 6.31. The molecule has 2 rings (SSSR count). The normalized spacial score (nSPS) is 15.9. The Morgan fingerprint density at radius 3 is 2.75 bits per heavy atom. The molecule has 0 saturated carbocycles. The molecule has 4 heteroatoms. The van der Waals surface area contributed by atoms with E-state index in [4.69, 9.17) is 16.3 Å². The largest absolute Gasteiger partial charge is 0.463 e. The van der Waals surface area contributed by atoms with Crippen molar-refractivity contribution in [3.05, 3.63) is 39.9 Å². The van der Waals surface area contributed by atoms with Crippen molar-refractivity contribution in [2.45, 2.75) is 19.8 Å². The van der Waals surface area contributed by atoms with Gasteiger partial charge in [0.2, 0.25) is 0 Å². The van der Waals surface area contributed by atoms with Crippen molar-refractivity contribution in [1.82, 2.24) is 4.90 Å². The number of carbonyl (C=O) groups excluding carboxylic acids is 1. The van der Waals surface area contributed by atoms with E-state index in [9.17, 15) is 4.79 Å². The molecule has 1 aliphatic rings. The predicted octanol–water partition coefficient (Wildman–Crippen LogP) is 2.95. The number of rotatable bonds is 3. The van der Waals surface area contributed by atoms with E-state index in [0.29, 0.717) is 6.61 Å².